The molecule has 24 heavy (non-hydrogen) atoms. The van der Waals surface area contributed by atoms with Crippen LogP contribution in [0.5, 0.6) is 0 Å². The molecule has 0 aliphatic carbocycles. The van der Waals surface area contributed by atoms with Crippen molar-refractivity contribution < 1.29 is 4.79 Å². The lowest BCUT2D eigenvalue weighted by Gasteiger charge is -2.31. The molecule has 0 spiro atoms. The maximum absolute atomic E-state index is 12.4. The number of rotatable bonds is 4. The van der Waals surface area contributed by atoms with Crippen molar-refractivity contribution in [2.45, 2.75) is 38.1 Å². The van der Waals surface area contributed by atoms with Crippen molar-refractivity contribution in [1.82, 2.24) is 10.6 Å². The van der Waals surface area contributed by atoms with Gasteiger partial charge in [-0.25, -0.2) is 0 Å². The first-order valence-electron chi connectivity index (χ1n) is 8.80. The SMILES string of the molecule is CC(C)c1cccc(C2CNCC(NC(=O)c3ccccc3)C2)c1. The lowest BCUT2D eigenvalue weighted by Crippen LogP contribution is -2.48. The summed E-state index contributed by atoms with van der Waals surface area (Å²) in [5.41, 5.74) is 3.47. The Morgan fingerprint density at radius 2 is 1.88 bits per heavy atom. The van der Waals surface area contributed by atoms with Crippen LogP contribution in [0.4, 0.5) is 0 Å². The Balaban J connectivity index is 1.66. The predicted octanol–water partition coefficient (Wildman–Crippen LogP) is 3.69. The molecule has 2 unspecified atom stereocenters. The van der Waals surface area contributed by atoms with Crippen LogP contribution in [-0.2, 0) is 0 Å². The van der Waals surface area contributed by atoms with Crippen LogP contribution in [0.1, 0.15) is 53.6 Å². The van der Waals surface area contributed by atoms with Gasteiger partial charge in [-0.05, 0) is 41.5 Å². The molecule has 0 saturated carbocycles. The number of piperidine rings is 1. The highest BCUT2D eigenvalue weighted by Gasteiger charge is 2.24. The van der Waals surface area contributed by atoms with Gasteiger partial charge >= 0.3 is 0 Å². The quantitative estimate of drug-likeness (QED) is 0.901. The summed E-state index contributed by atoms with van der Waals surface area (Å²) in [4.78, 5) is 12.4. The average molecular weight is 322 g/mol. The van der Waals surface area contributed by atoms with Crippen molar-refractivity contribution in [3.63, 3.8) is 0 Å². The van der Waals surface area contributed by atoms with Gasteiger partial charge in [0.1, 0.15) is 0 Å². The number of carbonyl (C=O) groups excluding carboxylic acids is 1. The molecule has 2 atom stereocenters. The van der Waals surface area contributed by atoms with Crippen molar-refractivity contribution in [1.29, 1.82) is 0 Å². The minimum atomic E-state index is 0.0129. The number of hydrogen-bond acceptors (Lipinski definition) is 2. The van der Waals surface area contributed by atoms with Crippen LogP contribution in [0.25, 0.3) is 0 Å². The second-order valence-electron chi connectivity index (χ2n) is 6.95. The average Bonchev–Trinajstić information content (AvgIpc) is 2.63. The molecule has 1 amide bonds. The van der Waals surface area contributed by atoms with Crippen LogP contribution in [0, 0.1) is 0 Å². The summed E-state index contributed by atoms with van der Waals surface area (Å²) in [5.74, 6) is 0.993. The van der Waals surface area contributed by atoms with Crippen LogP contribution in [0.3, 0.4) is 0 Å². The number of nitrogens with one attached hydrogen (secondary N) is 2. The zero-order chi connectivity index (χ0) is 16.9. The van der Waals surface area contributed by atoms with Crippen LogP contribution >= 0.6 is 0 Å². The highest BCUT2D eigenvalue weighted by atomic mass is 16.1. The molecule has 0 aromatic heterocycles. The normalized spacial score (nSPS) is 20.8. The second-order valence-corrected chi connectivity index (χ2v) is 6.95. The van der Waals surface area contributed by atoms with Gasteiger partial charge in [0.15, 0.2) is 0 Å². The molecule has 0 bridgehead atoms. The molecular weight excluding hydrogens is 296 g/mol. The van der Waals surface area contributed by atoms with Gasteiger partial charge in [-0.1, -0.05) is 56.3 Å². The molecule has 0 radical (unpaired) electrons. The minimum Gasteiger partial charge on any atom is -0.348 e. The first-order chi connectivity index (χ1) is 11.6. The zero-order valence-corrected chi connectivity index (χ0v) is 14.5. The Morgan fingerprint density at radius 1 is 1.08 bits per heavy atom. The third kappa shape index (κ3) is 4.04. The summed E-state index contributed by atoms with van der Waals surface area (Å²) in [5, 5.41) is 6.65. The first kappa shape index (κ1) is 16.7. The van der Waals surface area contributed by atoms with Crippen LogP contribution in [0.2, 0.25) is 0 Å². The topological polar surface area (TPSA) is 41.1 Å². The highest BCUT2D eigenvalue weighted by molar-refractivity contribution is 5.94. The molecular formula is C21H26N2O. The fraction of sp³-hybridized carbons (Fsp3) is 0.381. The van der Waals surface area contributed by atoms with Gasteiger partial charge in [0.25, 0.3) is 5.91 Å². The van der Waals surface area contributed by atoms with E-state index in [0.717, 1.165) is 25.1 Å². The lowest BCUT2D eigenvalue weighted by atomic mass is 9.87. The summed E-state index contributed by atoms with van der Waals surface area (Å²) >= 11 is 0. The Kier molecular flexibility index (Phi) is 5.31. The molecule has 1 heterocycles. The van der Waals surface area contributed by atoms with Crippen molar-refractivity contribution >= 4 is 5.91 Å². The molecule has 3 rings (SSSR count). The summed E-state index contributed by atoms with van der Waals surface area (Å²) in [6.07, 6.45) is 0.979. The van der Waals surface area contributed by atoms with Crippen LogP contribution in [0.15, 0.2) is 54.6 Å². The third-order valence-corrected chi connectivity index (χ3v) is 4.77. The highest BCUT2D eigenvalue weighted by Crippen LogP contribution is 2.26. The molecule has 2 aromatic rings. The molecule has 1 fully saturated rings. The maximum Gasteiger partial charge on any atom is 0.251 e. The standard InChI is InChI=1S/C21H26N2O/c1-15(2)17-9-6-10-18(11-17)19-12-20(14-22-13-19)23-21(24)16-7-4-3-5-8-16/h3-11,15,19-20,22H,12-14H2,1-2H3,(H,23,24). The van der Waals surface area contributed by atoms with Crippen LogP contribution < -0.4 is 10.6 Å². The number of hydrogen-bond donors (Lipinski definition) is 2. The number of carbonyl (C=O) groups is 1. The van der Waals surface area contributed by atoms with Gasteiger partial charge in [-0.15, -0.1) is 0 Å². The van der Waals surface area contributed by atoms with Crippen molar-refractivity contribution in [2.24, 2.45) is 0 Å². The molecule has 2 aromatic carbocycles. The molecule has 3 heteroatoms. The Bertz CT molecular complexity index is 681. The van der Waals surface area contributed by atoms with E-state index in [1.54, 1.807) is 0 Å². The van der Waals surface area contributed by atoms with E-state index in [-0.39, 0.29) is 11.9 Å². The summed E-state index contributed by atoms with van der Waals surface area (Å²) < 4.78 is 0. The maximum atomic E-state index is 12.4. The molecule has 2 N–H and O–H groups in total. The fourth-order valence-electron chi connectivity index (χ4n) is 3.34. The van der Waals surface area contributed by atoms with Gasteiger partial charge in [-0.2, -0.15) is 0 Å². The second kappa shape index (κ2) is 7.63. The Morgan fingerprint density at radius 3 is 2.62 bits per heavy atom. The lowest BCUT2D eigenvalue weighted by molar-refractivity contribution is 0.0928. The largest absolute Gasteiger partial charge is 0.348 e. The summed E-state index contributed by atoms with van der Waals surface area (Å²) in [6.45, 7) is 6.25. The van der Waals surface area contributed by atoms with Crippen molar-refractivity contribution in [2.75, 3.05) is 13.1 Å². The Labute approximate surface area is 144 Å². The van der Waals surface area contributed by atoms with E-state index in [1.807, 2.05) is 30.3 Å². The van der Waals surface area contributed by atoms with E-state index in [4.69, 9.17) is 0 Å². The number of amides is 1. The smallest absolute Gasteiger partial charge is 0.251 e. The number of benzene rings is 2. The summed E-state index contributed by atoms with van der Waals surface area (Å²) in [7, 11) is 0. The fourth-order valence-corrected chi connectivity index (χ4v) is 3.34. The zero-order valence-electron chi connectivity index (χ0n) is 14.5. The van der Waals surface area contributed by atoms with Crippen molar-refractivity contribution in [3.8, 4) is 0 Å². The van der Waals surface area contributed by atoms with E-state index in [0.29, 0.717) is 11.8 Å². The van der Waals surface area contributed by atoms with E-state index in [9.17, 15) is 4.79 Å². The van der Waals surface area contributed by atoms with E-state index < -0.39 is 0 Å². The van der Waals surface area contributed by atoms with Gasteiger partial charge in [0.2, 0.25) is 0 Å². The minimum absolute atomic E-state index is 0.0129. The predicted molar refractivity (Wildman–Crippen MR) is 98.5 cm³/mol. The van der Waals surface area contributed by atoms with Gasteiger partial charge in [-0.3, -0.25) is 4.79 Å². The molecule has 1 saturated heterocycles. The van der Waals surface area contributed by atoms with E-state index >= 15 is 0 Å². The molecule has 3 nitrogen and oxygen atoms in total. The van der Waals surface area contributed by atoms with Crippen LogP contribution in [-0.4, -0.2) is 25.0 Å². The van der Waals surface area contributed by atoms with E-state index in [2.05, 4.69) is 48.7 Å². The third-order valence-electron chi connectivity index (χ3n) is 4.77. The van der Waals surface area contributed by atoms with Gasteiger partial charge in [0.05, 0.1) is 0 Å². The molecule has 126 valence electrons. The van der Waals surface area contributed by atoms with Crippen molar-refractivity contribution in [3.05, 3.63) is 71.3 Å². The van der Waals surface area contributed by atoms with E-state index in [1.165, 1.54) is 11.1 Å². The van der Waals surface area contributed by atoms with Gasteiger partial charge < -0.3 is 10.6 Å². The summed E-state index contributed by atoms with van der Waals surface area (Å²) in [6, 6.07) is 18.5. The Hall–Kier alpha value is -2.13. The molecule has 1 aliphatic rings. The molecule has 1 aliphatic heterocycles. The first-order valence-corrected chi connectivity index (χ1v) is 8.80. The monoisotopic (exact) mass is 322 g/mol. The van der Waals surface area contributed by atoms with Gasteiger partial charge in [0, 0.05) is 24.7 Å².